The van der Waals surface area contributed by atoms with Gasteiger partial charge < -0.3 is 19.5 Å². The molecule has 5 rings (SSSR count). The summed E-state index contributed by atoms with van der Waals surface area (Å²) in [7, 11) is 0. The Balaban J connectivity index is 1.47. The highest BCUT2D eigenvalue weighted by Gasteiger charge is 2.53. The number of unbranched alkanes of at least 4 members (excludes halogenated alkanes) is 1. The molecule has 0 bridgehead atoms. The molecule has 0 aliphatic carbocycles. The molecule has 1 aromatic carbocycles. The van der Waals surface area contributed by atoms with Gasteiger partial charge in [-0.15, -0.1) is 0 Å². The Kier molecular flexibility index (Phi) is 6.75. The Morgan fingerprint density at radius 2 is 1.95 bits per heavy atom. The smallest absolute Gasteiger partial charge is 0.253 e. The SMILES string of the molecule is CC(C)(O)C(=O)N1CCC2(CC1)C(=O)N(Cc1cc3cc(Cl)ccc3n1CCCCF)c1cnccc12. The van der Waals surface area contributed by atoms with Gasteiger partial charge in [0.05, 0.1) is 30.5 Å². The van der Waals surface area contributed by atoms with Crippen molar-refractivity contribution in [2.45, 2.75) is 63.6 Å². The summed E-state index contributed by atoms with van der Waals surface area (Å²) in [5.74, 6) is -0.319. The number of halogens is 2. The Morgan fingerprint density at radius 3 is 2.65 bits per heavy atom. The number of anilines is 1. The van der Waals surface area contributed by atoms with Crippen LogP contribution in [0.4, 0.5) is 10.1 Å². The lowest BCUT2D eigenvalue weighted by Gasteiger charge is -2.40. The highest BCUT2D eigenvalue weighted by molar-refractivity contribution is 6.31. The quantitative estimate of drug-likeness (QED) is 0.456. The Hall–Kier alpha value is -2.97. The maximum atomic E-state index is 14.1. The second-order valence-electron chi connectivity index (χ2n) is 10.6. The van der Waals surface area contributed by atoms with Crippen LogP contribution in [0.25, 0.3) is 10.9 Å². The molecular weight excluding hydrogens is 495 g/mol. The fourth-order valence-corrected chi connectivity index (χ4v) is 6.01. The van der Waals surface area contributed by atoms with E-state index < -0.39 is 11.0 Å². The van der Waals surface area contributed by atoms with Gasteiger partial charge in [-0.1, -0.05) is 11.6 Å². The van der Waals surface area contributed by atoms with E-state index in [-0.39, 0.29) is 18.5 Å². The molecule has 3 aromatic rings. The molecule has 1 saturated heterocycles. The van der Waals surface area contributed by atoms with Crippen LogP contribution in [0.1, 0.15) is 50.8 Å². The lowest BCUT2D eigenvalue weighted by atomic mass is 9.73. The molecule has 2 aromatic heterocycles. The first kappa shape index (κ1) is 25.7. The molecular formula is C28H32ClFN4O3. The van der Waals surface area contributed by atoms with E-state index in [1.54, 1.807) is 22.2 Å². The maximum absolute atomic E-state index is 14.1. The van der Waals surface area contributed by atoms with Crippen molar-refractivity contribution in [3.8, 4) is 0 Å². The molecule has 1 spiro atoms. The summed E-state index contributed by atoms with van der Waals surface area (Å²) in [6.45, 7) is 4.41. The average Bonchev–Trinajstić information content (AvgIpc) is 3.32. The summed E-state index contributed by atoms with van der Waals surface area (Å²) in [6, 6.07) is 9.68. The van der Waals surface area contributed by atoms with Gasteiger partial charge in [0.2, 0.25) is 5.91 Å². The number of aryl methyl sites for hydroxylation is 1. The number of amides is 2. The van der Waals surface area contributed by atoms with Crippen molar-refractivity contribution in [2.24, 2.45) is 0 Å². The summed E-state index contributed by atoms with van der Waals surface area (Å²) < 4.78 is 15.0. The number of carbonyl (C=O) groups excluding carboxylic acids is 2. The zero-order chi connectivity index (χ0) is 26.4. The van der Waals surface area contributed by atoms with Crippen molar-refractivity contribution in [1.29, 1.82) is 0 Å². The zero-order valence-electron chi connectivity index (χ0n) is 21.2. The Bertz CT molecular complexity index is 1340. The van der Waals surface area contributed by atoms with E-state index in [4.69, 9.17) is 11.6 Å². The predicted octanol–water partition coefficient (Wildman–Crippen LogP) is 4.62. The van der Waals surface area contributed by atoms with E-state index in [0.29, 0.717) is 56.9 Å². The number of pyridine rings is 1. The van der Waals surface area contributed by atoms with Crippen molar-refractivity contribution in [2.75, 3.05) is 24.7 Å². The zero-order valence-corrected chi connectivity index (χ0v) is 22.0. The highest BCUT2D eigenvalue weighted by Crippen LogP contribution is 2.48. The molecule has 0 radical (unpaired) electrons. The van der Waals surface area contributed by atoms with Crippen molar-refractivity contribution < 1.29 is 19.1 Å². The van der Waals surface area contributed by atoms with Crippen LogP contribution in [0.2, 0.25) is 5.02 Å². The van der Waals surface area contributed by atoms with Crippen LogP contribution in [0, 0.1) is 0 Å². The average molecular weight is 527 g/mol. The number of likely N-dealkylation sites (tertiary alicyclic amines) is 1. The first-order chi connectivity index (χ1) is 17.7. The highest BCUT2D eigenvalue weighted by atomic mass is 35.5. The van der Waals surface area contributed by atoms with Crippen molar-refractivity contribution in [3.63, 3.8) is 0 Å². The number of fused-ring (bicyclic) bond motifs is 3. The van der Waals surface area contributed by atoms with Crippen LogP contribution in [-0.4, -0.2) is 56.7 Å². The van der Waals surface area contributed by atoms with Gasteiger partial charge in [0, 0.05) is 47.5 Å². The largest absolute Gasteiger partial charge is 0.381 e. The van der Waals surface area contributed by atoms with Crippen molar-refractivity contribution >= 4 is 40.0 Å². The van der Waals surface area contributed by atoms with Crippen LogP contribution in [0.15, 0.2) is 42.7 Å². The molecule has 37 heavy (non-hydrogen) atoms. The van der Waals surface area contributed by atoms with E-state index in [9.17, 15) is 19.1 Å². The minimum atomic E-state index is -1.45. The predicted molar refractivity (Wildman–Crippen MR) is 141 cm³/mol. The van der Waals surface area contributed by atoms with Crippen molar-refractivity contribution in [1.82, 2.24) is 14.5 Å². The number of piperidine rings is 1. The standard InChI is InChI=1S/C28H32ClFN4O3/c1-27(2,37)25(35)32-13-8-28(9-14-32)22-7-11-31-17-24(22)34(26(28)36)18-21-16-19-15-20(29)5-6-23(19)33(21)12-4-3-10-30/h5-7,11,15-17,37H,3-4,8-10,12-14,18H2,1-2H3. The minimum Gasteiger partial charge on any atom is -0.381 e. The van der Waals surface area contributed by atoms with Gasteiger partial charge >= 0.3 is 0 Å². The summed E-state index contributed by atoms with van der Waals surface area (Å²) >= 11 is 6.25. The third-order valence-corrected chi connectivity index (χ3v) is 7.96. The van der Waals surface area contributed by atoms with Gasteiger partial charge in [0.15, 0.2) is 0 Å². The molecule has 196 valence electrons. The number of alkyl halides is 1. The lowest BCUT2D eigenvalue weighted by Crippen LogP contribution is -2.53. The molecule has 0 saturated carbocycles. The van der Waals surface area contributed by atoms with E-state index in [0.717, 1.165) is 27.8 Å². The number of hydrogen-bond acceptors (Lipinski definition) is 4. The fourth-order valence-electron chi connectivity index (χ4n) is 5.83. The molecule has 1 N–H and O–H groups in total. The third kappa shape index (κ3) is 4.50. The first-order valence-electron chi connectivity index (χ1n) is 12.8. The van der Waals surface area contributed by atoms with Gasteiger partial charge in [-0.2, -0.15) is 0 Å². The molecule has 2 amide bonds. The van der Waals surface area contributed by atoms with Gasteiger partial charge in [0.1, 0.15) is 5.60 Å². The molecule has 9 heteroatoms. The molecule has 7 nitrogen and oxygen atoms in total. The molecule has 2 aliphatic heterocycles. The van der Waals surface area contributed by atoms with Crippen LogP contribution >= 0.6 is 11.6 Å². The Labute approximate surface area is 220 Å². The summed E-state index contributed by atoms with van der Waals surface area (Å²) in [5, 5.41) is 11.8. The maximum Gasteiger partial charge on any atom is 0.253 e. The van der Waals surface area contributed by atoms with E-state index >= 15 is 0 Å². The first-order valence-corrected chi connectivity index (χ1v) is 13.2. The third-order valence-electron chi connectivity index (χ3n) is 7.72. The summed E-state index contributed by atoms with van der Waals surface area (Å²) in [4.78, 5) is 34.5. The molecule has 1 fully saturated rings. The van der Waals surface area contributed by atoms with Gasteiger partial charge in [-0.3, -0.25) is 19.0 Å². The van der Waals surface area contributed by atoms with Crippen LogP contribution in [-0.2, 0) is 28.1 Å². The second kappa shape index (κ2) is 9.72. The van der Waals surface area contributed by atoms with Crippen LogP contribution in [0.5, 0.6) is 0 Å². The van der Waals surface area contributed by atoms with Crippen molar-refractivity contribution in [3.05, 3.63) is 59.0 Å². The van der Waals surface area contributed by atoms with E-state index in [2.05, 4.69) is 15.6 Å². The molecule has 2 aliphatic rings. The summed E-state index contributed by atoms with van der Waals surface area (Å²) in [6.07, 6.45) is 5.58. The minimum absolute atomic E-state index is 0.00412. The number of aliphatic hydroxyl groups is 1. The van der Waals surface area contributed by atoms with Crippen LogP contribution in [0.3, 0.4) is 0 Å². The monoisotopic (exact) mass is 526 g/mol. The fraction of sp³-hybridized carbons (Fsp3) is 0.464. The topological polar surface area (TPSA) is 78.7 Å². The van der Waals surface area contributed by atoms with Gasteiger partial charge in [-0.05, 0) is 75.4 Å². The van der Waals surface area contributed by atoms with E-state index in [1.807, 2.05) is 24.3 Å². The number of aromatic nitrogens is 2. The lowest BCUT2D eigenvalue weighted by molar-refractivity contribution is -0.150. The van der Waals surface area contributed by atoms with Crippen LogP contribution < -0.4 is 4.90 Å². The number of carbonyl (C=O) groups is 2. The molecule has 4 heterocycles. The normalized spacial score (nSPS) is 17.2. The molecule has 0 atom stereocenters. The molecule has 0 unspecified atom stereocenters. The Morgan fingerprint density at radius 1 is 1.19 bits per heavy atom. The van der Waals surface area contributed by atoms with Gasteiger partial charge in [0.25, 0.3) is 5.91 Å². The second-order valence-corrected chi connectivity index (χ2v) is 11.0. The number of benzene rings is 1. The number of rotatable bonds is 7. The van der Waals surface area contributed by atoms with E-state index in [1.165, 1.54) is 13.8 Å². The number of nitrogens with zero attached hydrogens (tertiary/aromatic N) is 4. The number of hydrogen-bond donors (Lipinski definition) is 1. The van der Waals surface area contributed by atoms with Gasteiger partial charge in [-0.25, -0.2) is 0 Å². The summed E-state index contributed by atoms with van der Waals surface area (Å²) in [5.41, 5.74) is 1.49.